The lowest BCUT2D eigenvalue weighted by Crippen LogP contribution is -2.13. The molecule has 0 aliphatic heterocycles. The Kier molecular flexibility index (Phi) is 4.92. The summed E-state index contributed by atoms with van der Waals surface area (Å²) >= 11 is 1.70. The van der Waals surface area contributed by atoms with Gasteiger partial charge in [0.1, 0.15) is 0 Å². The molecule has 0 aliphatic carbocycles. The third-order valence-electron chi connectivity index (χ3n) is 2.29. The zero-order valence-electron chi connectivity index (χ0n) is 9.34. The van der Waals surface area contributed by atoms with Crippen molar-refractivity contribution < 1.29 is 9.59 Å². The zero-order valence-corrected chi connectivity index (χ0v) is 11.5. The van der Waals surface area contributed by atoms with E-state index in [-0.39, 0.29) is 22.5 Å². The molecule has 0 aromatic heterocycles. The van der Waals surface area contributed by atoms with Crippen molar-refractivity contribution >= 4 is 38.0 Å². The van der Waals surface area contributed by atoms with E-state index < -0.39 is 0 Å². The number of para-hydroxylation sites is 1. The summed E-state index contributed by atoms with van der Waals surface area (Å²) < 4.78 is 0.00857. The molecule has 1 amide bonds. The van der Waals surface area contributed by atoms with Gasteiger partial charge in [-0.1, -0.05) is 18.2 Å². The Morgan fingerprint density at radius 2 is 1.75 bits per heavy atom. The Morgan fingerprint density at radius 1 is 1.19 bits per heavy atom. The molecule has 0 fully saturated rings. The normalized spacial score (nSPS) is 9.94. The van der Waals surface area contributed by atoms with Gasteiger partial charge < -0.3 is 5.32 Å². The van der Waals surface area contributed by atoms with Gasteiger partial charge in [0.2, 0.25) is 5.91 Å². The Bertz CT molecular complexity index is 395. The van der Waals surface area contributed by atoms with Crippen LogP contribution in [0.4, 0.5) is 5.69 Å². The Labute approximate surface area is 109 Å². The van der Waals surface area contributed by atoms with E-state index in [0.717, 1.165) is 16.8 Å². The van der Waals surface area contributed by atoms with E-state index in [0.29, 0.717) is 0 Å². The van der Waals surface area contributed by atoms with Crippen molar-refractivity contribution in [2.24, 2.45) is 0 Å². The third kappa shape index (κ3) is 3.92. The second kappa shape index (κ2) is 5.98. The lowest BCUT2D eigenvalue weighted by molar-refractivity contribution is -0.118. The molecule has 1 aromatic rings. The highest BCUT2D eigenvalue weighted by molar-refractivity contribution is 14.1. The number of aryl methyl sites for hydroxylation is 2. The summed E-state index contributed by atoms with van der Waals surface area (Å²) in [6.07, 6.45) is 0.535. The molecule has 0 spiro atoms. The third-order valence-corrected chi connectivity index (χ3v) is 2.83. The summed E-state index contributed by atoms with van der Waals surface area (Å²) in [5.41, 5.74) is 2.93. The van der Waals surface area contributed by atoms with Crippen LogP contribution in [0.15, 0.2) is 18.2 Å². The van der Waals surface area contributed by atoms with Gasteiger partial charge in [0.05, 0.1) is 0 Å². The van der Waals surface area contributed by atoms with Gasteiger partial charge >= 0.3 is 0 Å². The number of anilines is 1. The van der Waals surface area contributed by atoms with E-state index in [2.05, 4.69) is 5.32 Å². The first-order valence-electron chi connectivity index (χ1n) is 5.05. The number of carbonyl (C=O) groups excluding carboxylic acids is 2. The van der Waals surface area contributed by atoms with Gasteiger partial charge in [-0.3, -0.25) is 9.59 Å². The fourth-order valence-electron chi connectivity index (χ4n) is 1.43. The Balaban J connectivity index is 2.66. The van der Waals surface area contributed by atoms with Crippen LogP contribution in [0.5, 0.6) is 0 Å². The molecule has 0 saturated carbocycles. The monoisotopic (exact) mass is 331 g/mol. The molecule has 0 unspecified atom stereocenters. The lowest BCUT2D eigenvalue weighted by Gasteiger charge is -2.10. The van der Waals surface area contributed by atoms with Crippen LogP contribution in [-0.4, -0.2) is 9.70 Å². The molecule has 0 radical (unpaired) electrons. The Hall–Kier alpha value is -0.910. The van der Waals surface area contributed by atoms with Crippen molar-refractivity contribution in [1.82, 2.24) is 0 Å². The number of rotatable bonds is 4. The van der Waals surface area contributed by atoms with E-state index in [4.69, 9.17) is 0 Å². The summed E-state index contributed by atoms with van der Waals surface area (Å²) in [5, 5.41) is 2.84. The number of amides is 1. The molecule has 4 heteroatoms. The van der Waals surface area contributed by atoms with Gasteiger partial charge in [0.15, 0.2) is 3.79 Å². The van der Waals surface area contributed by atoms with Crippen molar-refractivity contribution in [3.8, 4) is 0 Å². The van der Waals surface area contributed by atoms with Crippen LogP contribution in [-0.2, 0) is 9.59 Å². The molecule has 1 aromatic carbocycles. The molecule has 1 rings (SSSR count). The van der Waals surface area contributed by atoms with Gasteiger partial charge in [-0.2, -0.15) is 0 Å². The molecule has 3 nitrogen and oxygen atoms in total. The largest absolute Gasteiger partial charge is 0.326 e. The molecule has 0 saturated heterocycles. The molecule has 0 heterocycles. The maximum atomic E-state index is 11.6. The molecule has 1 N–H and O–H groups in total. The fourth-order valence-corrected chi connectivity index (χ4v) is 1.70. The van der Waals surface area contributed by atoms with Crippen LogP contribution >= 0.6 is 22.6 Å². The zero-order chi connectivity index (χ0) is 12.1. The standard InChI is InChI=1S/C12H14INO2/c1-8-4-3-5-9(2)12(8)14-11(16)7-6-10(13)15/h3-5H,6-7H2,1-2H3,(H,14,16). The number of benzene rings is 1. The van der Waals surface area contributed by atoms with Crippen molar-refractivity contribution in [2.75, 3.05) is 5.32 Å². The number of nitrogens with one attached hydrogen (secondary N) is 1. The SMILES string of the molecule is Cc1cccc(C)c1NC(=O)CCC(=O)I. The average Bonchev–Trinajstić information content (AvgIpc) is 2.21. The first kappa shape index (κ1) is 13.2. The van der Waals surface area contributed by atoms with E-state index in [1.807, 2.05) is 32.0 Å². The van der Waals surface area contributed by atoms with Crippen LogP contribution in [0.25, 0.3) is 0 Å². The van der Waals surface area contributed by atoms with Crippen molar-refractivity contribution in [2.45, 2.75) is 26.7 Å². The van der Waals surface area contributed by atoms with E-state index in [9.17, 15) is 9.59 Å². The van der Waals surface area contributed by atoms with Crippen LogP contribution in [0.1, 0.15) is 24.0 Å². The topological polar surface area (TPSA) is 46.2 Å². The maximum Gasteiger partial charge on any atom is 0.224 e. The van der Waals surface area contributed by atoms with Gasteiger partial charge in [-0.15, -0.1) is 0 Å². The summed E-state index contributed by atoms with van der Waals surface area (Å²) in [4.78, 5) is 22.3. The van der Waals surface area contributed by atoms with Crippen LogP contribution < -0.4 is 5.32 Å². The van der Waals surface area contributed by atoms with E-state index in [1.165, 1.54) is 0 Å². The number of hydrogen-bond acceptors (Lipinski definition) is 2. The fraction of sp³-hybridized carbons (Fsp3) is 0.333. The first-order valence-corrected chi connectivity index (χ1v) is 6.13. The highest BCUT2D eigenvalue weighted by Gasteiger charge is 2.08. The maximum absolute atomic E-state index is 11.6. The number of halogens is 1. The van der Waals surface area contributed by atoms with Crippen LogP contribution in [0, 0.1) is 13.8 Å². The first-order chi connectivity index (χ1) is 7.50. The predicted molar refractivity (Wildman–Crippen MR) is 72.8 cm³/mol. The number of carbonyl (C=O) groups is 2. The molecule has 0 bridgehead atoms. The lowest BCUT2D eigenvalue weighted by atomic mass is 10.1. The summed E-state index contributed by atoms with van der Waals surface area (Å²) in [5.74, 6) is -0.109. The van der Waals surface area contributed by atoms with Crippen molar-refractivity contribution in [3.63, 3.8) is 0 Å². The molecular formula is C12H14INO2. The van der Waals surface area contributed by atoms with Gasteiger partial charge in [-0.25, -0.2) is 0 Å². The van der Waals surface area contributed by atoms with Crippen molar-refractivity contribution in [3.05, 3.63) is 29.3 Å². The smallest absolute Gasteiger partial charge is 0.224 e. The molecular weight excluding hydrogens is 317 g/mol. The minimum Gasteiger partial charge on any atom is -0.326 e. The highest BCUT2D eigenvalue weighted by atomic mass is 127. The highest BCUT2D eigenvalue weighted by Crippen LogP contribution is 2.19. The minimum absolute atomic E-state index is 0.00857. The number of hydrogen-bond donors (Lipinski definition) is 1. The predicted octanol–water partition coefficient (Wildman–Crippen LogP) is 2.98. The second-order valence-corrected chi connectivity index (χ2v) is 4.87. The van der Waals surface area contributed by atoms with Crippen LogP contribution in [0.3, 0.4) is 0 Å². The van der Waals surface area contributed by atoms with Gasteiger partial charge in [0.25, 0.3) is 0 Å². The summed E-state index contributed by atoms with van der Waals surface area (Å²) in [6, 6.07) is 5.85. The van der Waals surface area contributed by atoms with Gasteiger partial charge in [-0.05, 0) is 47.6 Å². The molecule has 0 aliphatic rings. The van der Waals surface area contributed by atoms with E-state index in [1.54, 1.807) is 22.6 Å². The second-order valence-electron chi connectivity index (χ2n) is 3.67. The Morgan fingerprint density at radius 3 is 2.25 bits per heavy atom. The van der Waals surface area contributed by atoms with Crippen LogP contribution in [0.2, 0.25) is 0 Å². The van der Waals surface area contributed by atoms with Crippen molar-refractivity contribution in [1.29, 1.82) is 0 Å². The summed E-state index contributed by atoms with van der Waals surface area (Å²) in [7, 11) is 0. The quantitative estimate of drug-likeness (QED) is 0.681. The minimum atomic E-state index is -0.109. The van der Waals surface area contributed by atoms with Gasteiger partial charge in [0, 0.05) is 18.5 Å². The molecule has 16 heavy (non-hydrogen) atoms. The molecule has 0 atom stereocenters. The molecule has 86 valence electrons. The summed E-state index contributed by atoms with van der Waals surface area (Å²) in [6.45, 7) is 3.90. The van der Waals surface area contributed by atoms with E-state index >= 15 is 0 Å². The average molecular weight is 331 g/mol.